The molecule has 1 aromatic rings. The highest BCUT2D eigenvalue weighted by Crippen LogP contribution is 2.34. The Kier molecular flexibility index (Phi) is 6.67. The highest BCUT2D eigenvalue weighted by molar-refractivity contribution is 5.68. The summed E-state index contributed by atoms with van der Waals surface area (Å²) in [5.74, 6) is 0.299. The highest BCUT2D eigenvalue weighted by Gasteiger charge is 2.20. The monoisotopic (exact) mass is 268 g/mol. The van der Waals surface area contributed by atoms with Crippen molar-refractivity contribution in [2.24, 2.45) is 0 Å². The van der Waals surface area contributed by atoms with Crippen molar-refractivity contribution in [1.82, 2.24) is 0 Å². The maximum absolute atomic E-state index is 11.1. The second-order valence-corrected chi connectivity index (χ2v) is 3.88. The zero-order valence-electron chi connectivity index (χ0n) is 11.3. The fraction of sp³-hybridized carbons (Fsp3) is 0.538. The fourth-order valence-corrected chi connectivity index (χ4v) is 1.58. The van der Waals surface area contributed by atoms with Gasteiger partial charge < -0.3 is 14.8 Å². The molecule has 0 aliphatic rings. The van der Waals surface area contributed by atoms with Crippen molar-refractivity contribution < 1.29 is 14.4 Å². The van der Waals surface area contributed by atoms with Crippen LogP contribution in [0.4, 0.5) is 11.4 Å². The molecule has 0 spiro atoms. The second kappa shape index (κ2) is 8.31. The smallest absolute Gasteiger partial charge is 0.333 e. The van der Waals surface area contributed by atoms with Crippen molar-refractivity contribution in [3.63, 3.8) is 0 Å². The molecule has 6 nitrogen and oxygen atoms in total. The number of para-hydroxylation sites is 1. The van der Waals surface area contributed by atoms with Gasteiger partial charge in [-0.3, -0.25) is 10.1 Å². The first-order chi connectivity index (χ1) is 9.20. The van der Waals surface area contributed by atoms with Gasteiger partial charge in [-0.25, -0.2) is 0 Å². The van der Waals surface area contributed by atoms with Gasteiger partial charge in [0.2, 0.25) is 0 Å². The van der Waals surface area contributed by atoms with E-state index in [0.717, 1.165) is 6.42 Å². The molecule has 0 bridgehead atoms. The number of rotatable bonds is 9. The molecule has 0 saturated carbocycles. The normalized spacial score (nSPS) is 10.2. The van der Waals surface area contributed by atoms with Gasteiger partial charge in [-0.1, -0.05) is 13.0 Å². The summed E-state index contributed by atoms with van der Waals surface area (Å²) in [5, 5.41) is 14.1. The van der Waals surface area contributed by atoms with E-state index in [-0.39, 0.29) is 5.69 Å². The summed E-state index contributed by atoms with van der Waals surface area (Å²) in [6.45, 7) is 5.98. The summed E-state index contributed by atoms with van der Waals surface area (Å²) < 4.78 is 10.6. The Morgan fingerprint density at radius 1 is 1.32 bits per heavy atom. The van der Waals surface area contributed by atoms with Crippen LogP contribution < -0.4 is 10.1 Å². The Hall–Kier alpha value is -1.82. The molecule has 1 N–H and O–H groups in total. The predicted molar refractivity (Wildman–Crippen MR) is 73.9 cm³/mol. The number of nitro benzene ring substituents is 1. The lowest BCUT2D eigenvalue weighted by atomic mass is 10.2. The minimum absolute atomic E-state index is 0.0209. The molecule has 106 valence electrons. The van der Waals surface area contributed by atoms with Gasteiger partial charge in [0.1, 0.15) is 5.69 Å². The number of benzene rings is 1. The van der Waals surface area contributed by atoms with Crippen LogP contribution in [0.3, 0.4) is 0 Å². The fourth-order valence-electron chi connectivity index (χ4n) is 1.58. The molecule has 0 saturated heterocycles. The summed E-state index contributed by atoms with van der Waals surface area (Å²) in [7, 11) is 0. The van der Waals surface area contributed by atoms with Gasteiger partial charge in [-0.2, -0.15) is 0 Å². The molecule has 19 heavy (non-hydrogen) atoms. The molecule has 6 heteroatoms. The van der Waals surface area contributed by atoms with Crippen LogP contribution in [0.15, 0.2) is 18.2 Å². The van der Waals surface area contributed by atoms with Crippen molar-refractivity contribution in [2.75, 3.05) is 31.7 Å². The van der Waals surface area contributed by atoms with E-state index in [1.807, 2.05) is 13.8 Å². The van der Waals surface area contributed by atoms with Crippen LogP contribution >= 0.6 is 0 Å². The summed E-state index contributed by atoms with van der Waals surface area (Å²) in [6, 6.07) is 5.02. The molecule has 0 fully saturated rings. The van der Waals surface area contributed by atoms with Crippen molar-refractivity contribution in [3.05, 3.63) is 28.3 Å². The zero-order valence-corrected chi connectivity index (χ0v) is 11.3. The molecule has 0 radical (unpaired) electrons. The van der Waals surface area contributed by atoms with Crippen molar-refractivity contribution >= 4 is 11.4 Å². The number of nitro groups is 1. The van der Waals surface area contributed by atoms with E-state index in [0.29, 0.717) is 37.8 Å². The van der Waals surface area contributed by atoms with Crippen molar-refractivity contribution in [1.29, 1.82) is 0 Å². The van der Waals surface area contributed by atoms with Gasteiger partial charge in [0.15, 0.2) is 5.75 Å². The van der Waals surface area contributed by atoms with Gasteiger partial charge in [0.25, 0.3) is 0 Å². The number of nitrogens with zero attached hydrogens (tertiary/aromatic N) is 1. The number of hydrogen-bond donors (Lipinski definition) is 1. The van der Waals surface area contributed by atoms with Crippen LogP contribution in [0.5, 0.6) is 5.75 Å². The maximum Gasteiger partial charge on any atom is 0.333 e. The standard InChI is InChI=1S/C13H20N2O4/c1-3-9-19-12-7-5-6-11(13(12)15(16)17)14-8-10-18-4-2/h5-7,14H,3-4,8-10H2,1-2H3. The molecule has 0 aliphatic heterocycles. The first-order valence-electron chi connectivity index (χ1n) is 6.42. The number of ether oxygens (including phenoxy) is 2. The molecular formula is C13H20N2O4. The van der Waals surface area contributed by atoms with Gasteiger partial charge in [-0.15, -0.1) is 0 Å². The van der Waals surface area contributed by atoms with Crippen LogP contribution in [0, 0.1) is 10.1 Å². The Bertz CT molecular complexity index is 410. The van der Waals surface area contributed by atoms with E-state index in [1.54, 1.807) is 18.2 Å². The minimum Gasteiger partial charge on any atom is -0.487 e. The summed E-state index contributed by atoms with van der Waals surface area (Å²) in [6.07, 6.45) is 0.805. The molecule has 0 amide bonds. The Morgan fingerprint density at radius 3 is 2.74 bits per heavy atom. The second-order valence-electron chi connectivity index (χ2n) is 3.88. The third kappa shape index (κ3) is 4.75. The van der Waals surface area contributed by atoms with Gasteiger partial charge in [-0.05, 0) is 25.5 Å². The zero-order chi connectivity index (χ0) is 14.1. The Morgan fingerprint density at radius 2 is 2.11 bits per heavy atom. The minimum atomic E-state index is -0.423. The van der Waals surface area contributed by atoms with Gasteiger partial charge in [0, 0.05) is 13.2 Å². The average Bonchev–Trinajstić information content (AvgIpc) is 2.41. The van der Waals surface area contributed by atoms with Crippen LogP contribution in [0.1, 0.15) is 20.3 Å². The van der Waals surface area contributed by atoms with Crippen LogP contribution in [-0.2, 0) is 4.74 Å². The largest absolute Gasteiger partial charge is 0.487 e. The van der Waals surface area contributed by atoms with E-state index in [1.165, 1.54) is 0 Å². The van der Waals surface area contributed by atoms with E-state index in [9.17, 15) is 10.1 Å². The highest BCUT2D eigenvalue weighted by atomic mass is 16.6. The first kappa shape index (κ1) is 15.2. The molecular weight excluding hydrogens is 248 g/mol. The lowest BCUT2D eigenvalue weighted by molar-refractivity contribution is -0.385. The van der Waals surface area contributed by atoms with E-state index in [2.05, 4.69) is 5.32 Å². The van der Waals surface area contributed by atoms with Crippen LogP contribution in [0.25, 0.3) is 0 Å². The van der Waals surface area contributed by atoms with E-state index >= 15 is 0 Å². The molecule has 0 heterocycles. The number of hydrogen-bond acceptors (Lipinski definition) is 5. The number of nitrogens with one attached hydrogen (secondary N) is 1. The van der Waals surface area contributed by atoms with Crippen molar-refractivity contribution in [2.45, 2.75) is 20.3 Å². The molecule has 0 aromatic heterocycles. The van der Waals surface area contributed by atoms with Gasteiger partial charge >= 0.3 is 5.69 Å². The quantitative estimate of drug-likeness (QED) is 0.423. The van der Waals surface area contributed by atoms with E-state index in [4.69, 9.17) is 9.47 Å². The van der Waals surface area contributed by atoms with Crippen LogP contribution in [0.2, 0.25) is 0 Å². The topological polar surface area (TPSA) is 73.6 Å². The van der Waals surface area contributed by atoms with E-state index < -0.39 is 4.92 Å². The Labute approximate surface area is 112 Å². The number of anilines is 1. The lowest BCUT2D eigenvalue weighted by Gasteiger charge is -2.10. The predicted octanol–water partition coefficient (Wildman–Crippen LogP) is 2.83. The molecule has 0 unspecified atom stereocenters. The van der Waals surface area contributed by atoms with Crippen molar-refractivity contribution in [3.8, 4) is 5.75 Å². The lowest BCUT2D eigenvalue weighted by Crippen LogP contribution is -2.11. The molecule has 0 aliphatic carbocycles. The third-order valence-corrected chi connectivity index (χ3v) is 2.41. The molecule has 1 aromatic carbocycles. The molecule has 1 rings (SSSR count). The first-order valence-corrected chi connectivity index (χ1v) is 6.42. The SMILES string of the molecule is CCCOc1cccc(NCCOCC)c1[N+](=O)[O-]. The molecule has 0 atom stereocenters. The summed E-state index contributed by atoms with van der Waals surface area (Å²) in [4.78, 5) is 10.7. The average molecular weight is 268 g/mol. The third-order valence-electron chi connectivity index (χ3n) is 2.41. The maximum atomic E-state index is 11.1. The van der Waals surface area contributed by atoms with Gasteiger partial charge in [0.05, 0.1) is 18.1 Å². The summed E-state index contributed by atoms with van der Waals surface area (Å²) in [5.41, 5.74) is 0.436. The summed E-state index contributed by atoms with van der Waals surface area (Å²) >= 11 is 0. The Balaban J connectivity index is 2.80. The van der Waals surface area contributed by atoms with Crippen LogP contribution in [-0.4, -0.2) is 31.3 Å².